The van der Waals surface area contributed by atoms with Crippen molar-refractivity contribution in [2.45, 2.75) is 32.5 Å². The van der Waals surface area contributed by atoms with Crippen LogP contribution in [0.5, 0.6) is 5.75 Å². The third-order valence-corrected chi connectivity index (χ3v) is 4.54. The number of hydrogen-bond acceptors (Lipinski definition) is 2. The van der Waals surface area contributed by atoms with Crippen LogP contribution < -0.4 is 9.64 Å². The molecule has 1 heterocycles. The highest BCUT2D eigenvalue weighted by atomic mass is 79.9. The van der Waals surface area contributed by atoms with Crippen LogP contribution in [0.3, 0.4) is 0 Å². The standard InChI is InChI=1S/C19H17BrF3NO2/c1-11(2)8-17-18(25)24(14-5-3-4-13(20)10-14)15-7-6-12(19(21,22)23)9-16(15)26-17/h3-7,9-11,17H,8H2,1-2H3. The van der Waals surface area contributed by atoms with Crippen molar-refractivity contribution in [3.63, 3.8) is 0 Å². The Morgan fingerprint density at radius 1 is 1.19 bits per heavy atom. The van der Waals surface area contributed by atoms with E-state index in [-0.39, 0.29) is 17.6 Å². The lowest BCUT2D eigenvalue weighted by Gasteiger charge is -2.35. The number of alkyl halides is 3. The Kier molecular flexibility index (Phi) is 5.01. The predicted molar refractivity (Wildman–Crippen MR) is 96.6 cm³/mol. The molecule has 2 aromatic carbocycles. The number of carbonyl (C=O) groups is 1. The molecular formula is C19H17BrF3NO2. The molecule has 1 amide bonds. The van der Waals surface area contributed by atoms with E-state index in [1.165, 1.54) is 11.0 Å². The van der Waals surface area contributed by atoms with Crippen LogP contribution >= 0.6 is 15.9 Å². The predicted octanol–water partition coefficient (Wildman–Crippen LogP) is 5.94. The quantitative estimate of drug-likeness (QED) is 0.606. The van der Waals surface area contributed by atoms with Gasteiger partial charge >= 0.3 is 6.18 Å². The zero-order chi connectivity index (χ0) is 19.1. The van der Waals surface area contributed by atoms with Crippen molar-refractivity contribution in [1.29, 1.82) is 0 Å². The summed E-state index contributed by atoms with van der Waals surface area (Å²) in [4.78, 5) is 14.4. The van der Waals surface area contributed by atoms with E-state index in [4.69, 9.17) is 4.74 Å². The average Bonchev–Trinajstić information content (AvgIpc) is 2.54. The monoisotopic (exact) mass is 427 g/mol. The Labute approximate surface area is 157 Å². The van der Waals surface area contributed by atoms with E-state index in [0.29, 0.717) is 17.8 Å². The molecule has 1 aliphatic heterocycles. The second kappa shape index (κ2) is 6.95. The highest BCUT2D eigenvalue weighted by Gasteiger charge is 2.38. The fourth-order valence-electron chi connectivity index (χ4n) is 2.89. The van der Waals surface area contributed by atoms with Gasteiger partial charge in [-0.15, -0.1) is 0 Å². The van der Waals surface area contributed by atoms with Gasteiger partial charge in [0, 0.05) is 4.47 Å². The van der Waals surface area contributed by atoms with Crippen LogP contribution in [-0.4, -0.2) is 12.0 Å². The van der Waals surface area contributed by atoms with E-state index in [2.05, 4.69) is 15.9 Å². The van der Waals surface area contributed by atoms with Crippen molar-refractivity contribution in [2.75, 3.05) is 4.90 Å². The summed E-state index contributed by atoms with van der Waals surface area (Å²) in [6, 6.07) is 10.3. The first kappa shape index (κ1) is 18.8. The Morgan fingerprint density at radius 3 is 2.54 bits per heavy atom. The maximum atomic E-state index is 13.1. The Balaban J connectivity index is 2.12. The Hall–Kier alpha value is -2.02. The third-order valence-electron chi connectivity index (χ3n) is 4.04. The van der Waals surface area contributed by atoms with Gasteiger partial charge in [-0.25, -0.2) is 0 Å². The summed E-state index contributed by atoms with van der Waals surface area (Å²) in [5.74, 6) is -0.0743. The second-order valence-electron chi connectivity index (χ2n) is 6.57. The van der Waals surface area contributed by atoms with E-state index in [9.17, 15) is 18.0 Å². The SMILES string of the molecule is CC(C)CC1Oc2cc(C(F)(F)F)ccc2N(c2cccc(Br)c2)C1=O. The van der Waals surface area contributed by atoms with Crippen molar-refractivity contribution in [1.82, 2.24) is 0 Å². The van der Waals surface area contributed by atoms with E-state index in [0.717, 1.165) is 16.6 Å². The van der Waals surface area contributed by atoms with E-state index in [1.807, 2.05) is 19.9 Å². The zero-order valence-electron chi connectivity index (χ0n) is 14.2. The Bertz CT molecular complexity index is 836. The first-order valence-corrected chi connectivity index (χ1v) is 8.93. The van der Waals surface area contributed by atoms with Crippen molar-refractivity contribution in [3.8, 4) is 5.75 Å². The summed E-state index contributed by atoms with van der Waals surface area (Å²) in [6.45, 7) is 3.86. The largest absolute Gasteiger partial charge is 0.478 e. The summed E-state index contributed by atoms with van der Waals surface area (Å²) < 4.78 is 45.7. The lowest BCUT2D eigenvalue weighted by molar-refractivity contribution is -0.137. The van der Waals surface area contributed by atoms with Crippen molar-refractivity contribution < 1.29 is 22.7 Å². The summed E-state index contributed by atoms with van der Waals surface area (Å²) in [6.07, 6.45) is -4.89. The highest BCUT2D eigenvalue weighted by molar-refractivity contribution is 9.10. The molecule has 0 aromatic heterocycles. The van der Waals surface area contributed by atoms with Gasteiger partial charge in [0.25, 0.3) is 5.91 Å². The van der Waals surface area contributed by atoms with Crippen LogP contribution in [0.25, 0.3) is 0 Å². The Morgan fingerprint density at radius 2 is 1.92 bits per heavy atom. The summed E-state index contributed by atoms with van der Waals surface area (Å²) >= 11 is 3.36. The van der Waals surface area contributed by atoms with Gasteiger partial charge in [-0.2, -0.15) is 13.2 Å². The number of fused-ring (bicyclic) bond motifs is 1. The first-order chi connectivity index (χ1) is 12.2. The zero-order valence-corrected chi connectivity index (χ0v) is 15.8. The van der Waals surface area contributed by atoms with Crippen LogP contribution in [0.4, 0.5) is 24.5 Å². The third kappa shape index (κ3) is 3.72. The molecular weight excluding hydrogens is 411 g/mol. The van der Waals surface area contributed by atoms with Crippen LogP contribution in [0.2, 0.25) is 0 Å². The lowest BCUT2D eigenvalue weighted by atomic mass is 10.0. The molecule has 7 heteroatoms. The minimum atomic E-state index is -4.48. The highest BCUT2D eigenvalue weighted by Crippen LogP contribution is 2.43. The molecule has 2 aromatic rings. The maximum absolute atomic E-state index is 13.1. The van der Waals surface area contributed by atoms with Gasteiger partial charge in [-0.05, 0) is 48.7 Å². The van der Waals surface area contributed by atoms with Crippen LogP contribution in [0.15, 0.2) is 46.9 Å². The molecule has 0 saturated heterocycles. The van der Waals surface area contributed by atoms with Crippen LogP contribution in [0.1, 0.15) is 25.8 Å². The molecule has 0 spiro atoms. The number of carbonyl (C=O) groups excluding carboxylic acids is 1. The topological polar surface area (TPSA) is 29.5 Å². The van der Waals surface area contributed by atoms with Gasteiger partial charge in [-0.1, -0.05) is 35.8 Å². The first-order valence-electron chi connectivity index (χ1n) is 8.14. The fourth-order valence-corrected chi connectivity index (χ4v) is 3.28. The molecule has 0 bridgehead atoms. The molecule has 1 unspecified atom stereocenters. The number of nitrogens with zero attached hydrogens (tertiary/aromatic N) is 1. The molecule has 3 rings (SSSR count). The number of rotatable bonds is 3. The minimum absolute atomic E-state index is 0.0602. The number of halogens is 4. The van der Waals surface area contributed by atoms with Gasteiger partial charge in [0.2, 0.25) is 0 Å². The number of anilines is 2. The maximum Gasteiger partial charge on any atom is 0.416 e. The van der Waals surface area contributed by atoms with Gasteiger partial charge in [0.05, 0.1) is 16.9 Å². The molecule has 138 valence electrons. The lowest BCUT2D eigenvalue weighted by Crippen LogP contribution is -2.44. The molecule has 1 atom stereocenters. The van der Waals surface area contributed by atoms with Gasteiger partial charge in [0.15, 0.2) is 6.10 Å². The van der Waals surface area contributed by atoms with E-state index in [1.54, 1.807) is 18.2 Å². The molecule has 3 nitrogen and oxygen atoms in total. The van der Waals surface area contributed by atoms with Crippen molar-refractivity contribution in [2.24, 2.45) is 5.92 Å². The van der Waals surface area contributed by atoms with Gasteiger partial charge in [-0.3, -0.25) is 9.69 Å². The number of ether oxygens (including phenoxy) is 1. The molecule has 0 radical (unpaired) electrons. The van der Waals surface area contributed by atoms with Gasteiger partial charge < -0.3 is 4.74 Å². The molecule has 26 heavy (non-hydrogen) atoms. The molecule has 0 fully saturated rings. The molecule has 0 N–H and O–H groups in total. The molecule has 1 aliphatic rings. The number of amides is 1. The number of hydrogen-bond donors (Lipinski definition) is 0. The van der Waals surface area contributed by atoms with Crippen molar-refractivity contribution in [3.05, 3.63) is 52.5 Å². The van der Waals surface area contributed by atoms with E-state index >= 15 is 0 Å². The van der Waals surface area contributed by atoms with Crippen molar-refractivity contribution >= 4 is 33.2 Å². The second-order valence-corrected chi connectivity index (χ2v) is 7.49. The summed E-state index contributed by atoms with van der Waals surface area (Å²) in [7, 11) is 0. The molecule has 0 aliphatic carbocycles. The fraction of sp³-hybridized carbons (Fsp3) is 0.316. The number of benzene rings is 2. The molecule has 0 saturated carbocycles. The summed E-state index contributed by atoms with van der Waals surface area (Å²) in [5, 5.41) is 0. The minimum Gasteiger partial charge on any atom is -0.478 e. The van der Waals surface area contributed by atoms with Crippen LogP contribution in [0, 0.1) is 5.92 Å². The average molecular weight is 428 g/mol. The smallest absolute Gasteiger partial charge is 0.416 e. The van der Waals surface area contributed by atoms with Gasteiger partial charge in [0.1, 0.15) is 5.75 Å². The van der Waals surface area contributed by atoms with E-state index < -0.39 is 17.8 Å². The van der Waals surface area contributed by atoms with Crippen LogP contribution in [-0.2, 0) is 11.0 Å². The normalized spacial score (nSPS) is 17.3. The summed E-state index contributed by atoms with van der Waals surface area (Å²) in [5.41, 5.74) is 0.0756.